The summed E-state index contributed by atoms with van der Waals surface area (Å²) in [5.41, 5.74) is 0.329. The molecule has 0 saturated heterocycles. The number of nitrogens with one attached hydrogen (secondary N) is 1. The topological polar surface area (TPSA) is 73.4 Å². The predicted molar refractivity (Wildman–Crippen MR) is 49.2 cm³/mol. The molecule has 1 amide bonds. The van der Waals surface area contributed by atoms with Gasteiger partial charge in [-0.2, -0.15) is 0 Å². The molecule has 0 aliphatic carbocycles. The molecule has 2 N–H and O–H groups in total. The van der Waals surface area contributed by atoms with Crippen molar-refractivity contribution in [1.82, 2.24) is 9.88 Å². The number of hydrogen-bond acceptors (Lipinski definition) is 3. The number of fused-ring (bicyclic) bond motifs is 1. The van der Waals surface area contributed by atoms with E-state index in [-0.39, 0.29) is 17.8 Å². The van der Waals surface area contributed by atoms with Crippen molar-refractivity contribution >= 4 is 5.91 Å². The summed E-state index contributed by atoms with van der Waals surface area (Å²) in [6.07, 6.45) is 0. The maximum atomic E-state index is 11.6. The zero-order valence-electron chi connectivity index (χ0n) is 7.87. The largest absolute Gasteiger partial charge is 0.494 e. The van der Waals surface area contributed by atoms with Gasteiger partial charge in [-0.1, -0.05) is 0 Å². The van der Waals surface area contributed by atoms with E-state index in [0.717, 1.165) is 0 Å². The third kappa shape index (κ3) is 0.951. The van der Waals surface area contributed by atoms with Gasteiger partial charge in [0.1, 0.15) is 0 Å². The Kier molecular flexibility index (Phi) is 1.64. The first-order chi connectivity index (χ1) is 6.52. The fourth-order valence-corrected chi connectivity index (χ4v) is 1.72. The molecule has 0 aromatic carbocycles. The summed E-state index contributed by atoms with van der Waals surface area (Å²) >= 11 is 0. The van der Waals surface area contributed by atoms with Crippen molar-refractivity contribution in [2.75, 3.05) is 7.05 Å². The average Bonchev–Trinajstić information content (AvgIpc) is 2.31. The third-order valence-electron chi connectivity index (χ3n) is 2.61. The van der Waals surface area contributed by atoms with E-state index in [1.165, 1.54) is 11.0 Å². The van der Waals surface area contributed by atoms with Crippen LogP contribution in [0.3, 0.4) is 0 Å². The van der Waals surface area contributed by atoms with E-state index < -0.39 is 5.56 Å². The van der Waals surface area contributed by atoms with E-state index >= 15 is 0 Å². The van der Waals surface area contributed by atoms with Crippen molar-refractivity contribution in [3.05, 3.63) is 27.5 Å². The summed E-state index contributed by atoms with van der Waals surface area (Å²) in [6.45, 7) is 1.79. The monoisotopic (exact) mass is 194 g/mol. The van der Waals surface area contributed by atoms with E-state index in [1.807, 2.05) is 0 Å². The van der Waals surface area contributed by atoms with E-state index in [0.29, 0.717) is 11.1 Å². The van der Waals surface area contributed by atoms with Crippen LogP contribution in [0.1, 0.15) is 28.9 Å². The van der Waals surface area contributed by atoms with Gasteiger partial charge in [0, 0.05) is 18.7 Å². The standard InChI is InChI=1S/C9H10N2O3/c1-4-7-5(9(14)11(4)2)3-6(12)10-8(7)13/h3-4H,1-2H3,(H2,10,12,13)/t4-/m0/s1. The molecule has 1 aromatic rings. The number of aromatic hydroxyl groups is 1. The van der Waals surface area contributed by atoms with Gasteiger partial charge in [0.15, 0.2) is 5.88 Å². The maximum absolute atomic E-state index is 11.6. The Morgan fingerprint density at radius 3 is 2.79 bits per heavy atom. The third-order valence-corrected chi connectivity index (χ3v) is 2.61. The molecule has 5 nitrogen and oxygen atoms in total. The number of aromatic nitrogens is 1. The molecule has 1 aliphatic heterocycles. The molecule has 0 unspecified atom stereocenters. The van der Waals surface area contributed by atoms with Crippen molar-refractivity contribution in [3.63, 3.8) is 0 Å². The minimum absolute atomic E-state index is 0.200. The lowest BCUT2D eigenvalue weighted by atomic mass is 10.1. The Hall–Kier alpha value is -1.78. The minimum atomic E-state index is -0.461. The van der Waals surface area contributed by atoms with Gasteiger partial charge in [-0.05, 0) is 6.92 Å². The molecule has 0 bridgehead atoms. The zero-order valence-corrected chi connectivity index (χ0v) is 7.87. The second kappa shape index (κ2) is 2.60. The first-order valence-corrected chi connectivity index (χ1v) is 4.25. The second-order valence-corrected chi connectivity index (χ2v) is 3.40. The van der Waals surface area contributed by atoms with Crippen LogP contribution in [0.5, 0.6) is 5.88 Å². The number of carbonyl (C=O) groups excluding carboxylic acids is 1. The number of aromatic amines is 1. The predicted octanol–water partition coefficient (Wildman–Crippen LogP) is 0.227. The fourth-order valence-electron chi connectivity index (χ4n) is 1.72. The normalized spacial score (nSPS) is 20.0. The van der Waals surface area contributed by atoms with Gasteiger partial charge in [0.05, 0.1) is 11.6 Å². The van der Waals surface area contributed by atoms with Crippen LogP contribution in [-0.2, 0) is 0 Å². The Morgan fingerprint density at radius 1 is 1.50 bits per heavy atom. The van der Waals surface area contributed by atoms with Crippen LogP contribution in [0, 0.1) is 0 Å². The summed E-state index contributed by atoms with van der Waals surface area (Å²) in [5.74, 6) is -0.438. The SMILES string of the molecule is C[C@H]1c2c(cc(=O)[nH]c2O)C(=O)N1C. The van der Waals surface area contributed by atoms with Crippen LogP contribution >= 0.6 is 0 Å². The van der Waals surface area contributed by atoms with Gasteiger partial charge in [-0.25, -0.2) is 0 Å². The van der Waals surface area contributed by atoms with Crippen LogP contribution in [0.25, 0.3) is 0 Å². The average molecular weight is 194 g/mol. The summed E-state index contributed by atoms with van der Waals surface area (Å²) in [4.78, 5) is 26.3. The molecule has 2 rings (SSSR count). The van der Waals surface area contributed by atoms with Gasteiger partial charge >= 0.3 is 0 Å². The van der Waals surface area contributed by atoms with Gasteiger partial charge in [-0.15, -0.1) is 0 Å². The van der Waals surface area contributed by atoms with Crippen LogP contribution in [0.15, 0.2) is 10.9 Å². The molecular formula is C9H10N2O3. The van der Waals surface area contributed by atoms with Crippen LogP contribution in [0.2, 0.25) is 0 Å². The van der Waals surface area contributed by atoms with Crippen LogP contribution < -0.4 is 5.56 Å². The van der Waals surface area contributed by atoms with E-state index in [4.69, 9.17) is 0 Å². The molecule has 1 aromatic heterocycles. The minimum Gasteiger partial charge on any atom is -0.494 e. The molecule has 74 valence electrons. The number of hydrogen-bond donors (Lipinski definition) is 2. The maximum Gasteiger partial charge on any atom is 0.254 e. The Labute approximate surface area is 80.0 Å². The molecule has 0 saturated carbocycles. The highest BCUT2D eigenvalue weighted by atomic mass is 16.3. The van der Waals surface area contributed by atoms with Crippen LogP contribution in [-0.4, -0.2) is 27.9 Å². The number of H-pyrrole nitrogens is 1. The van der Waals surface area contributed by atoms with Crippen molar-refractivity contribution in [3.8, 4) is 5.88 Å². The van der Waals surface area contributed by atoms with E-state index in [9.17, 15) is 14.7 Å². The molecule has 0 fully saturated rings. The summed E-state index contributed by atoms with van der Waals surface area (Å²) in [7, 11) is 1.64. The number of carbonyl (C=O) groups is 1. The van der Waals surface area contributed by atoms with Crippen LogP contribution in [0.4, 0.5) is 0 Å². The number of nitrogens with zero attached hydrogens (tertiary/aromatic N) is 1. The molecule has 14 heavy (non-hydrogen) atoms. The first kappa shape index (κ1) is 8.80. The smallest absolute Gasteiger partial charge is 0.254 e. The van der Waals surface area contributed by atoms with Gasteiger partial charge in [0.2, 0.25) is 0 Å². The van der Waals surface area contributed by atoms with Gasteiger partial charge < -0.3 is 10.0 Å². The molecule has 1 aliphatic rings. The molecule has 1 atom stereocenters. The second-order valence-electron chi connectivity index (χ2n) is 3.40. The highest BCUT2D eigenvalue weighted by Crippen LogP contribution is 2.35. The van der Waals surface area contributed by atoms with E-state index in [2.05, 4.69) is 4.98 Å². The number of pyridine rings is 1. The first-order valence-electron chi connectivity index (χ1n) is 4.25. The fraction of sp³-hybridized carbons (Fsp3) is 0.333. The van der Waals surface area contributed by atoms with Gasteiger partial charge in [0.25, 0.3) is 11.5 Å². The summed E-state index contributed by atoms with van der Waals surface area (Å²) in [5, 5.41) is 9.48. The summed E-state index contributed by atoms with van der Waals surface area (Å²) in [6, 6.07) is 1.02. The molecule has 0 radical (unpaired) electrons. The highest BCUT2D eigenvalue weighted by molar-refractivity contribution is 5.99. The lowest BCUT2D eigenvalue weighted by Gasteiger charge is -2.15. The molecular weight excluding hydrogens is 184 g/mol. The zero-order chi connectivity index (χ0) is 10.5. The number of rotatable bonds is 0. The lowest BCUT2D eigenvalue weighted by Crippen LogP contribution is -2.21. The van der Waals surface area contributed by atoms with Crippen molar-refractivity contribution < 1.29 is 9.90 Å². The highest BCUT2D eigenvalue weighted by Gasteiger charge is 2.34. The summed E-state index contributed by atoms with van der Waals surface area (Å²) < 4.78 is 0. The Morgan fingerprint density at radius 2 is 2.14 bits per heavy atom. The van der Waals surface area contributed by atoms with Gasteiger partial charge in [-0.3, -0.25) is 14.6 Å². The number of amides is 1. The molecule has 0 spiro atoms. The Balaban J connectivity index is 2.75. The lowest BCUT2D eigenvalue weighted by molar-refractivity contribution is 0.0784. The molecule has 5 heteroatoms. The molecule has 2 heterocycles. The van der Waals surface area contributed by atoms with Crippen molar-refractivity contribution in [2.24, 2.45) is 0 Å². The van der Waals surface area contributed by atoms with E-state index in [1.54, 1.807) is 14.0 Å². The van der Waals surface area contributed by atoms with Crippen molar-refractivity contribution in [1.29, 1.82) is 0 Å². The Bertz CT molecular complexity index is 464. The quantitative estimate of drug-likeness (QED) is 0.620. The van der Waals surface area contributed by atoms with Crippen molar-refractivity contribution in [2.45, 2.75) is 13.0 Å².